The van der Waals surface area contributed by atoms with Crippen LogP contribution in [-0.2, 0) is 13.0 Å². The standard InChI is InChI=1S/C20H20Br2N4O5/c21-6-9-23(10-7-22)19-17(11-16(25(28)29)12-18(19)26(30)31)20(27)24-8-5-14-3-1-2-4-15(14)13-24/h1-4,11-12H,5-10,13H2. The van der Waals surface area contributed by atoms with E-state index in [0.717, 1.165) is 23.3 Å². The summed E-state index contributed by atoms with van der Waals surface area (Å²) < 4.78 is 0. The molecule has 11 heteroatoms. The smallest absolute Gasteiger partial charge is 0.300 e. The fraction of sp³-hybridized carbons (Fsp3) is 0.350. The predicted octanol–water partition coefficient (Wildman–Crippen LogP) is 4.30. The summed E-state index contributed by atoms with van der Waals surface area (Å²) in [6.07, 6.45) is 0.654. The third-order valence-electron chi connectivity index (χ3n) is 5.16. The lowest BCUT2D eigenvalue weighted by molar-refractivity contribution is -0.393. The van der Waals surface area contributed by atoms with Crippen LogP contribution in [0.25, 0.3) is 0 Å². The molecule has 0 atom stereocenters. The average molecular weight is 556 g/mol. The molecule has 1 amide bonds. The zero-order valence-electron chi connectivity index (χ0n) is 16.5. The topological polar surface area (TPSA) is 110 Å². The number of hydrogen-bond acceptors (Lipinski definition) is 6. The van der Waals surface area contributed by atoms with Gasteiger partial charge in [0.1, 0.15) is 5.69 Å². The van der Waals surface area contributed by atoms with Crippen molar-refractivity contribution in [1.29, 1.82) is 0 Å². The van der Waals surface area contributed by atoms with Crippen molar-refractivity contribution in [1.82, 2.24) is 4.90 Å². The van der Waals surface area contributed by atoms with Crippen molar-refractivity contribution >= 4 is 54.8 Å². The lowest BCUT2D eigenvalue weighted by Gasteiger charge is -2.31. The summed E-state index contributed by atoms with van der Waals surface area (Å²) >= 11 is 6.68. The Labute approximate surface area is 195 Å². The third kappa shape index (κ3) is 5.04. The first-order chi connectivity index (χ1) is 14.9. The Morgan fingerprint density at radius 1 is 1.03 bits per heavy atom. The van der Waals surface area contributed by atoms with Gasteiger partial charge in [-0.1, -0.05) is 56.1 Å². The number of anilines is 1. The summed E-state index contributed by atoms with van der Waals surface area (Å²) in [5.41, 5.74) is 1.31. The molecule has 164 valence electrons. The highest BCUT2D eigenvalue weighted by Gasteiger charge is 2.33. The Morgan fingerprint density at radius 2 is 1.68 bits per heavy atom. The molecule has 0 saturated carbocycles. The van der Waals surface area contributed by atoms with E-state index in [0.29, 0.717) is 43.3 Å². The highest BCUT2D eigenvalue weighted by atomic mass is 79.9. The van der Waals surface area contributed by atoms with Crippen molar-refractivity contribution < 1.29 is 14.6 Å². The molecule has 3 rings (SSSR count). The molecule has 0 fully saturated rings. The van der Waals surface area contributed by atoms with Crippen LogP contribution in [0.2, 0.25) is 0 Å². The van der Waals surface area contributed by atoms with Gasteiger partial charge in [0.05, 0.1) is 21.5 Å². The molecule has 0 N–H and O–H groups in total. The second-order valence-corrected chi connectivity index (χ2v) is 8.57. The lowest BCUT2D eigenvalue weighted by Crippen LogP contribution is -2.38. The molecule has 2 aromatic rings. The molecular weight excluding hydrogens is 536 g/mol. The van der Waals surface area contributed by atoms with Gasteiger partial charge in [-0.2, -0.15) is 0 Å². The van der Waals surface area contributed by atoms with Crippen LogP contribution < -0.4 is 4.90 Å². The van der Waals surface area contributed by atoms with E-state index in [9.17, 15) is 25.0 Å². The molecule has 0 radical (unpaired) electrons. The van der Waals surface area contributed by atoms with Crippen molar-refractivity contribution in [2.24, 2.45) is 0 Å². The van der Waals surface area contributed by atoms with E-state index in [1.165, 1.54) is 0 Å². The number of nitrogens with zero attached hydrogens (tertiary/aromatic N) is 4. The fourth-order valence-electron chi connectivity index (χ4n) is 3.72. The van der Waals surface area contributed by atoms with Crippen molar-refractivity contribution in [2.75, 3.05) is 35.2 Å². The molecule has 2 aromatic carbocycles. The molecule has 0 bridgehead atoms. The molecule has 1 aliphatic heterocycles. The SMILES string of the molecule is O=C(c1cc([N+](=O)[O-])cc([N+](=O)[O-])c1N(CCBr)CCBr)N1CCc2ccccc2C1. The molecule has 0 unspecified atom stereocenters. The Morgan fingerprint density at radius 3 is 2.26 bits per heavy atom. The number of halogens is 2. The normalized spacial score (nSPS) is 12.9. The van der Waals surface area contributed by atoms with Crippen LogP contribution in [0.3, 0.4) is 0 Å². The first-order valence-corrected chi connectivity index (χ1v) is 11.8. The first kappa shape index (κ1) is 23.1. The van der Waals surface area contributed by atoms with Crippen molar-refractivity contribution in [3.8, 4) is 0 Å². The summed E-state index contributed by atoms with van der Waals surface area (Å²) in [6, 6.07) is 9.86. The number of hydrogen-bond donors (Lipinski definition) is 0. The summed E-state index contributed by atoms with van der Waals surface area (Å²) in [6.45, 7) is 1.57. The van der Waals surface area contributed by atoms with Gasteiger partial charge in [-0.15, -0.1) is 0 Å². The van der Waals surface area contributed by atoms with E-state index in [2.05, 4.69) is 31.9 Å². The van der Waals surface area contributed by atoms with Crippen LogP contribution in [0.1, 0.15) is 21.5 Å². The number of rotatable bonds is 8. The number of fused-ring (bicyclic) bond motifs is 1. The molecular formula is C20H20Br2N4O5. The maximum atomic E-state index is 13.5. The number of alkyl halides is 2. The summed E-state index contributed by atoms with van der Waals surface area (Å²) in [5.74, 6) is -0.453. The largest absolute Gasteiger partial charge is 0.364 e. The number of carbonyl (C=O) groups excluding carboxylic acids is 1. The van der Waals surface area contributed by atoms with Gasteiger partial charge in [0, 0.05) is 42.9 Å². The van der Waals surface area contributed by atoms with Crippen molar-refractivity contribution in [3.63, 3.8) is 0 Å². The monoisotopic (exact) mass is 554 g/mol. The molecule has 31 heavy (non-hydrogen) atoms. The van der Waals surface area contributed by atoms with E-state index in [-0.39, 0.29) is 11.3 Å². The molecule has 9 nitrogen and oxygen atoms in total. The van der Waals surface area contributed by atoms with Gasteiger partial charge < -0.3 is 9.80 Å². The highest BCUT2D eigenvalue weighted by Crippen LogP contribution is 2.37. The lowest BCUT2D eigenvalue weighted by atomic mass is 9.98. The van der Waals surface area contributed by atoms with Crippen LogP contribution in [0.5, 0.6) is 0 Å². The third-order valence-corrected chi connectivity index (χ3v) is 5.86. The quantitative estimate of drug-likeness (QED) is 0.273. The number of carbonyl (C=O) groups is 1. The maximum Gasteiger partial charge on any atom is 0.300 e. The Bertz CT molecular complexity index is 1010. The van der Waals surface area contributed by atoms with E-state index >= 15 is 0 Å². The highest BCUT2D eigenvalue weighted by molar-refractivity contribution is 9.09. The summed E-state index contributed by atoms with van der Waals surface area (Å²) in [7, 11) is 0. The number of non-ortho nitro benzene ring substituents is 1. The van der Waals surface area contributed by atoms with E-state index in [4.69, 9.17) is 0 Å². The van der Waals surface area contributed by atoms with Gasteiger partial charge in [-0.25, -0.2) is 0 Å². The molecule has 0 aliphatic carbocycles. The first-order valence-electron chi connectivity index (χ1n) is 9.57. The van der Waals surface area contributed by atoms with Crippen LogP contribution in [0.4, 0.5) is 17.1 Å². The van der Waals surface area contributed by atoms with Crippen LogP contribution in [0, 0.1) is 20.2 Å². The molecule has 0 saturated heterocycles. The average Bonchev–Trinajstić information content (AvgIpc) is 2.77. The van der Waals surface area contributed by atoms with Crippen molar-refractivity contribution in [3.05, 3.63) is 73.3 Å². The molecule has 0 spiro atoms. The van der Waals surface area contributed by atoms with E-state index in [1.54, 1.807) is 9.80 Å². The fourth-order valence-corrected chi connectivity index (χ4v) is 4.58. The second-order valence-electron chi connectivity index (χ2n) is 6.99. The summed E-state index contributed by atoms with van der Waals surface area (Å²) in [4.78, 5) is 38.7. The number of nitro benzene ring substituents is 2. The van der Waals surface area contributed by atoms with Gasteiger partial charge in [0.15, 0.2) is 0 Å². The summed E-state index contributed by atoms with van der Waals surface area (Å²) in [5, 5.41) is 24.3. The van der Waals surface area contributed by atoms with Gasteiger partial charge >= 0.3 is 0 Å². The second kappa shape index (κ2) is 10.2. The van der Waals surface area contributed by atoms with Gasteiger partial charge in [-0.3, -0.25) is 25.0 Å². The van der Waals surface area contributed by atoms with E-state index in [1.807, 2.05) is 24.3 Å². The minimum Gasteiger partial charge on any atom is -0.364 e. The maximum absolute atomic E-state index is 13.5. The van der Waals surface area contributed by atoms with E-state index < -0.39 is 27.1 Å². The minimum absolute atomic E-state index is 0.0258. The number of amides is 1. The van der Waals surface area contributed by atoms with Crippen molar-refractivity contribution in [2.45, 2.75) is 13.0 Å². The van der Waals surface area contributed by atoms with Gasteiger partial charge in [0.2, 0.25) is 0 Å². The number of benzene rings is 2. The Hall–Kier alpha value is -2.53. The van der Waals surface area contributed by atoms with Crippen LogP contribution in [0.15, 0.2) is 36.4 Å². The number of nitro groups is 2. The minimum atomic E-state index is -0.710. The molecule has 1 heterocycles. The van der Waals surface area contributed by atoms with Crippen LogP contribution in [-0.4, -0.2) is 50.9 Å². The zero-order valence-corrected chi connectivity index (χ0v) is 19.7. The molecule has 1 aliphatic rings. The predicted molar refractivity (Wildman–Crippen MR) is 124 cm³/mol. The Balaban J connectivity index is 2.13. The Kier molecular flexibility index (Phi) is 7.60. The van der Waals surface area contributed by atoms with Crippen LogP contribution >= 0.6 is 31.9 Å². The van der Waals surface area contributed by atoms with Gasteiger partial charge in [0.25, 0.3) is 17.3 Å². The van der Waals surface area contributed by atoms with Gasteiger partial charge in [-0.05, 0) is 17.5 Å². The molecule has 0 aromatic heterocycles. The zero-order chi connectivity index (χ0) is 22.5.